The summed E-state index contributed by atoms with van der Waals surface area (Å²) in [5.74, 6) is -0.777. The van der Waals surface area contributed by atoms with E-state index in [9.17, 15) is 23.3 Å². The molecule has 0 radical (unpaired) electrons. The van der Waals surface area contributed by atoms with Gasteiger partial charge in [-0.25, -0.2) is 13.2 Å². The molecule has 1 aromatic rings. The number of rotatable bonds is 4. The predicted molar refractivity (Wildman–Crippen MR) is 67.7 cm³/mol. The number of nitrogens with zero attached hydrogens (tertiary/aromatic N) is 2. The number of non-ortho nitro benzene ring substituents is 1. The van der Waals surface area contributed by atoms with Crippen LogP contribution in [0.2, 0.25) is 0 Å². The number of ether oxygens (including phenoxy) is 1. The third-order valence-corrected chi connectivity index (χ3v) is 3.63. The minimum atomic E-state index is -3.66. The van der Waals surface area contributed by atoms with Crippen molar-refractivity contribution in [2.75, 3.05) is 24.7 Å². The first-order valence-corrected chi connectivity index (χ1v) is 6.84. The van der Waals surface area contributed by atoms with Crippen LogP contribution in [0.1, 0.15) is 10.4 Å². The Labute approximate surface area is 109 Å². The molecule has 0 aromatic heterocycles. The summed E-state index contributed by atoms with van der Waals surface area (Å²) >= 11 is 0. The van der Waals surface area contributed by atoms with Crippen molar-refractivity contribution in [2.45, 2.75) is 0 Å². The second kappa shape index (κ2) is 5.22. The number of benzene rings is 1. The summed E-state index contributed by atoms with van der Waals surface area (Å²) in [4.78, 5) is 21.6. The second-order valence-corrected chi connectivity index (χ2v) is 5.69. The van der Waals surface area contributed by atoms with E-state index in [1.54, 1.807) is 0 Å². The standard InChI is InChI=1S/C10H12N2O6S/c1-11(19(3,16)17)9-6-7(12(14)15)4-5-8(9)10(13)18-2/h4-6H,1-3H3. The summed E-state index contributed by atoms with van der Waals surface area (Å²) in [6.07, 6.45) is 0.924. The van der Waals surface area contributed by atoms with E-state index in [1.165, 1.54) is 7.05 Å². The molecule has 0 N–H and O–H groups in total. The Morgan fingerprint density at radius 1 is 1.42 bits per heavy atom. The van der Waals surface area contributed by atoms with Crippen LogP contribution >= 0.6 is 0 Å². The zero-order valence-electron chi connectivity index (χ0n) is 10.5. The minimum absolute atomic E-state index is 0.0685. The number of hydrogen-bond donors (Lipinski definition) is 0. The smallest absolute Gasteiger partial charge is 0.340 e. The van der Waals surface area contributed by atoms with E-state index >= 15 is 0 Å². The van der Waals surface area contributed by atoms with Crippen LogP contribution in [0.3, 0.4) is 0 Å². The van der Waals surface area contributed by atoms with Crippen molar-refractivity contribution in [3.63, 3.8) is 0 Å². The molecule has 0 amide bonds. The number of esters is 1. The molecule has 0 saturated carbocycles. The van der Waals surface area contributed by atoms with Crippen LogP contribution < -0.4 is 4.31 Å². The molecule has 1 rings (SSSR count). The van der Waals surface area contributed by atoms with E-state index in [0.717, 1.165) is 35.9 Å². The molecule has 9 heteroatoms. The van der Waals surface area contributed by atoms with E-state index in [-0.39, 0.29) is 16.9 Å². The highest BCUT2D eigenvalue weighted by Gasteiger charge is 2.23. The van der Waals surface area contributed by atoms with Gasteiger partial charge in [0.1, 0.15) is 0 Å². The summed E-state index contributed by atoms with van der Waals surface area (Å²) < 4.78 is 28.3. The van der Waals surface area contributed by atoms with Gasteiger partial charge in [0.2, 0.25) is 10.0 Å². The van der Waals surface area contributed by atoms with Gasteiger partial charge in [-0.15, -0.1) is 0 Å². The number of hydrogen-bond acceptors (Lipinski definition) is 6. The van der Waals surface area contributed by atoms with E-state index < -0.39 is 20.9 Å². The van der Waals surface area contributed by atoms with Crippen LogP contribution in [0.25, 0.3) is 0 Å². The Morgan fingerprint density at radius 3 is 2.42 bits per heavy atom. The maximum absolute atomic E-state index is 11.5. The number of sulfonamides is 1. The van der Waals surface area contributed by atoms with Gasteiger partial charge in [-0.3, -0.25) is 14.4 Å². The maximum Gasteiger partial charge on any atom is 0.340 e. The number of anilines is 1. The molecule has 8 nitrogen and oxygen atoms in total. The van der Waals surface area contributed by atoms with Crippen molar-refractivity contribution in [1.29, 1.82) is 0 Å². The highest BCUT2D eigenvalue weighted by molar-refractivity contribution is 7.92. The quantitative estimate of drug-likeness (QED) is 0.460. The summed E-state index contributed by atoms with van der Waals surface area (Å²) in [7, 11) is -1.33. The van der Waals surface area contributed by atoms with E-state index in [4.69, 9.17) is 0 Å². The first kappa shape index (κ1) is 14.9. The normalized spacial score (nSPS) is 10.9. The fourth-order valence-electron chi connectivity index (χ4n) is 1.36. The van der Waals surface area contributed by atoms with E-state index in [2.05, 4.69) is 4.74 Å². The van der Waals surface area contributed by atoms with Crippen LogP contribution in [0.4, 0.5) is 11.4 Å². The monoisotopic (exact) mass is 288 g/mol. The first-order chi connectivity index (χ1) is 8.68. The molecule has 0 aliphatic heterocycles. The molecule has 0 unspecified atom stereocenters. The average Bonchev–Trinajstić information content (AvgIpc) is 2.35. The van der Waals surface area contributed by atoms with Gasteiger partial charge in [0, 0.05) is 19.2 Å². The number of nitro groups is 1. The molecule has 19 heavy (non-hydrogen) atoms. The van der Waals surface area contributed by atoms with Crippen LogP contribution in [-0.2, 0) is 14.8 Å². The molecule has 0 aliphatic carbocycles. The lowest BCUT2D eigenvalue weighted by atomic mass is 10.1. The minimum Gasteiger partial charge on any atom is -0.465 e. The molecule has 0 atom stereocenters. The van der Waals surface area contributed by atoms with Crippen molar-refractivity contribution < 1.29 is 22.9 Å². The van der Waals surface area contributed by atoms with Gasteiger partial charge in [-0.2, -0.15) is 0 Å². The molecule has 0 spiro atoms. The lowest BCUT2D eigenvalue weighted by Crippen LogP contribution is -2.27. The zero-order chi connectivity index (χ0) is 14.8. The molecular formula is C10H12N2O6S. The van der Waals surface area contributed by atoms with Gasteiger partial charge in [0.05, 0.1) is 29.5 Å². The average molecular weight is 288 g/mol. The highest BCUT2D eigenvalue weighted by Crippen LogP contribution is 2.27. The van der Waals surface area contributed by atoms with Crippen molar-refractivity contribution in [3.8, 4) is 0 Å². The van der Waals surface area contributed by atoms with Crippen LogP contribution in [0.5, 0.6) is 0 Å². The molecule has 0 saturated heterocycles. The van der Waals surface area contributed by atoms with Crippen molar-refractivity contribution in [1.82, 2.24) is 0 Å². The van der Waals surface area contributed by atoms with E-state index in [0.29, 0.717) is 0 Å². The summed E-state index contributed by atoms with van der Waals surface area (Å²) in [6.45, 7) is 0. The molecule has 104 valence electrons. The summed E-state index contributed by atoms with van der Waals surface area (Å²) in [5.41, 5.74) is -0.497. The van der Waals surface area contributed by atoms with Gasteiger partial charge in [0.25, 0.3) is 5.69 Å². The number of methoxy groups -OCH3 is 1. The molecular weight excluding hydrogens is 276 g/mol. The van der Waals surface area contributed by atoms with Gasteiger partial charge in [-0.1, -0.05) is 0 Å². The predicted octanol–water partition coefficient (Wildman–Crippen LogP) is 0.777. The van der Waals surface area contributed by atoms with Crippen LogP contribution in [0, 0.1) is 10.1 Å². The van der Waals surface area contributed by atoms with Gasteiger partial charge < -0.3 is 4.74 Å². The third-order valence-electron chi connectivity index (χ3n) is 2.43. The van der Waals surface area contributed by atoms with Gasteiger partial charge in [-0.05, 0) is 6.07 Å². The Hall–Kier alpha value is -2.16. The SMILES string of the molecule is COC(=O)c1ccc([N+](=O)[O-])cc1N(C)S(C)(=O)=O. The van der Waals surface area contributed by atoms with Crippen LogP contribution in [0.15, 0.2) is 18.2 Å². The number of nitro benzene ring substituents is 1. The number of carbonyl (C=O) groups is 1. The maximum atomic E-state index is 11.5. The molecule has 0 bridgehead atoms. The largest absolute Gasteiger partial charge is 0.465 e. The van der Waals surface area contributed by atoms with Gasteiger partial charge in [0.15, 0.2) is 0 Å². The van der Waals surface area contributed by atoms with E-state index in [1.807, 2.05) is 0 Å². The number of carbonyl (C=O) groups excluding carboxylic acids is 1. The van der Waals surface area contributed by atoms with Gasteiger partial charge >= 0.3 is 5.97 Å². The van der Waals surface area contributed by atoms with Crippen molar-refractivity contribution in [3.05, 3.63) is 33.9 Å². The molecule has 1 aromatic carbocycles. The van der Waals surface area contributed by atoms with Crippen molar-refractivity contribution in [2.24, 2.45) is 0 Å². The molecule has 0 fully saturated rings. The zero-order valence-corrected chi connectivity index (χ0v) is 11.3. The lowest BCUT2D eigenvalue weighted by molar-refractivity contribution is -0.384. The highest BCUT2D eigenvalue weighted by atomic mass is 32.2. The fourth-order valence-corrected chi connectivity index (χ4v) is 1.86. The first-order valence-electron chi connectivity index (χ1n) is 4.99. The lowest BCUT2D eigenvalue weighted by Gasteiger charge is -2.18. The molecule has 0 aliphatic rings. The second-order valence-electron chi connectivity index (χ2n) is 3.68. The summed E-state index contributed by atoms with van der Waals surface area (Å²) in [5, 5.41) is 10.7. The summed E-state index contributed by atoms with van der Waals surface area (Å²) in [6, 6.07) is 3.26. The van der Waals surface area contributed by atoms with Crippen molar-refractivity contribution >= 4 is 27.4 Å². The fraction of sp³-hybridized carbons (Fsp3) is 0.300. The Balaban J connectivity index is 3.51. The Kier molecular flexibility index (Phi) is 4.10. The third kappa shape index (κ3) is 3.19. The Morgan fingerprint density at radius 2 is 2.00 bits per heavy atom. The van der Waals surface area contributed by atoms with Crippen LogP contribution in [-0.4, -0.2) is 39.7 Å². The Bertz CT molecular complexity index is 625. The topological polar surface area (TPSA) is 107 Å². The molecule has 0 heterocycles.